The van der Waals surface area contributed by atoms with Crippen LogP contribution in [0.4, 0.5) is 5.69 Å². The third-order valence-electron chi connectivity index (χ3n) is 3.05. The lowest BCUT2D eigenvalue weighted by Crippen LogP contribution is -2.35. The number of carbonyl (C=O) groups is 2. The van der Waals surface area contributed by atoms with Gasteiger partial charge in [-0.05, 0) is 30.3 Å². The number of anilines is 1. The van der Waals surface area contributed by atoms with Crippen molar-refractivity contribution in [3.63, 3.8) is 0 Å². The number of nitrogens with one attached hydrogen (secondary N) is 2. The van der Waals surface area contributed by atoms with E-state index in [1.807, 2.05) is 0 Å². The standard InChI is InChI=1S/C17H16Cl2N2O4/c1-24-13-4-2-3-12(8-13)21-16(22)9-20-17(23)10-25-15-6-5-11(18)7-14(15)19/h2-8H,9-10H2,1H3,(H,20,23)(H,21,22). The topological polar surface area (TPSA) is 76.7 Å². The first-order valence-electron chi connectivity index (χ1n) is 7.26. The SMILES string of the molecule is COc1cccc(NC(=O)CNC(=O)COc2ccc(Cl)cc2Cl)c1. The van der Waals surface area contributed by atoms with E-state index in [4.69, 9.17) is 32.7 Å². The predicted molar refractivity (Wildman–Crippen MR) is 96.6 cm³/mol. The molecule has 0 spiro atoms. The van der Waals surface area contributed by atoms with E-state index in [-0.39, 0.29) is 19.1 Å². The normalized spacial score (nSPS) is 10.0. The van der Waals surface area contributed by atoms with Gasteiger partial charge in [-0.1, -0.05) is 29.3 Å². The maximum absolute atomic E-state index is 11.8. The summed E-state index contributed by atoms with van der Waals surface area (Å²) in [6.45, 7) is -0.457. The summed E-state index contributed by atoms with van der Waals surface area (Å²) in [6, 6.07) is 11.6. The lowest BCUT2D eigenvalue weighted by molar-refractivity contribution is -0.125. The number of benzene rings is 2. The number of hydrogen-bond donors (Lipinski definition) is 2. The Morgan fingerprint density at radius 1 is 1.08 bits per heavy atom. The van der Waals surface area contributed by atoms with Crippen LogP contribution in [0.2, 0.25) is 10.0 Å². The van der Waals surface area contributed by atoms with Crippen molar-refractivity contribution < 1.29 is 19.1 Å². The van der Waals surface area contributed by atoms with Gasteiger partial charge >= 0.3 is 0 Å². The number of halogens is 2. The molecule has 132 valence electrons. The van der Waals surface area contributed by atoms with Crippen LogP contribution in [0.15, 0.2) is 42.5 Å². The minimum Gasteiger partial charge on any atom is -0.497 e. The zero-order valence-corrected chi connectivity index (χ0v) is 14.9. The second-order valence-electron chi connectivity index (χ2n) is 4.92. The monoisotopic (exact) mass is 382 g/mol. The van der Waals surface area contributed by atoms with Crippen LogP contribution in [0.3, 0.4) is 0 Å². The van der Waals surface area contributed by atoms with Gasteiger partial charge in [-0.25, -0.2) is 0 Å². The minimum absolute atomic E-state index is 0.187. The van der Waals surface area contributed by atoms with Gasteiger partial charge in [0.15, 0.2) is 6.61 Å². The van der Waals surface area contributed by atoms with E-state index in [2.05, 4.69) is 10.6 Å². The van der Waals surface area contributed by atoms with Crippen LogP contribution in [-0.4, -0.2) is 32.1 Å². The number of rotatable bonds is 7. The number of amides is 2. The molecule has 8 heteroatoms. The Bertz CT molecular complexity index is 768. The third-order valence-corrected chi connectivity index (χ3v) is 3.58. The van der Waals surface area contributed by atoms with Crippen LogP contribution in [0.25, 0.3) is 0 Å². The van der Waals surface area contributed by atoms with Crippen molar-refractivity contribution in [1.82, 2.24) is 5.32 Å². The van der Waals surface area contributed by atoms with Crippen molar-refractivity contribution in [3.05, 3.63) is 52.5 Å². The number of methoxy groups -OCH3 is 1. The zero-order chi connectivity index (χ0) is 18.2. The fraction of sp³-hybridized carbons (Fsp3) is 0.176. The third kappa shape index (κ3) is 6.17. The Balaban J connectivity index is 1.76. The summed E-state index contributed by atoms with van der Waals surface area (Å²) in [5.74, 6) is 0.134. The molecule has 0 radical (unpaired) electrons. The molecule has 2 aromatic rings. The Hall–Kier alpha value is -2.44. The zero-order valence-electron chi connectivity index (χ0n) is 13.3. The molecule has 2 rings (SSSR count). The number of hydrogen-bond acceptors (Lipinski definition) is 4. The van der Waals surface area contributed by atoms with Gasteiger partial charge in [0.2, 0.25) is 5.91 Å². The molecule has 0 bridgehead atoms. The van der Waals surface area contributed by atoms with Gasteiger partial charge in [0.05, 0.1) is 18.7 Å². The molecular weight excluding hydrogens is 367 g/mol. The van der Waals surface area contributed by atoms with E-state index in [0.717, 1.165) is 0 Å². The van der Waals surface area contributed by atoms with Crippen molar-refractivity contribution in [2.45, 2.75) is 0 Å². The van der Waals surface area contributed by atoms with E-state index in [1.54, 1.807) is 36.4 Å². The van der Waals surface area contributed by atoms with E-state index in [1.165, 1.54) is 13.2 Å². The van der Waals surface area contributed by atoms with Gasteiger partial charge in [0.25, 0.3) is 5.91 Å². The largest absolute Gasteiger partial charge is 0.497 e. The molecule has 0 aliphatic heterocycles. The molecule has 25 heavy (non-hydrogen) atoms. The predicted octanol–water partition coefficient (Wildman–Crippen LogP) is 3.14. The second-order valence-corrected chi connectivity index (χ2v) is 5.76. The molecule has 0 heterocycles. The maximum atomic E-state index is 11.8. The van der Waals surface area contributed by atoms with Gasteiger partial charge in [-0.2, -0.15) is 0 Å². The molecule has 0 saturated carbocycles. The maximum Gasteiger partial charge on any atom is 0.258 e. The highest BCUT2D eigenvalue weighted by atomic mass is 35.5. The van der Waals surface area contributed by atoms with Crippen LogP contribution in [0.5, 0.6) is 11.5 Å². The van der Waals surface area contributed by atoms with Crippen LogP contribution >= 0.6 is 23.2 Å². The van der Waals surface area contributed by atoms with Crippen molar-refractivity contribution in [2.75, 3.05) is 25.6 Å². The smallest absolute Gasteiger partial charge is 0.258 e. The first kappa shape index (κ1) is 18.9. The molecule has 0 atom stereocenters. The fourth-order valence-corrected chi connectivity index (χ4v) is 2.33. The molecule has 0 aliphatic carbocycles. The molecule has 0 fully saturated rings. The summed E-state index contributed by atoms with van der Waals surface area (Å²) < 4.78 is 10.4. The Morgan fingerprint density at radius 3 is 2.60 bits per heavy atom. The molecule has 2 aromatic carbocycles. The van der Waals surface area contributed by atoms with E-state index >= 15 is 0 Å². The minimum atomic E-state index is -0.452. The van der Waals surface area contributed by atoms with E-state index in [0.29, 0.717) is 27.2 Å². The Labute approximate surface area is 155 Å². The second kappa shape index (κ2) is 9.15. The highest BCUT2D eigenvalue weighted by molar-refractivity contribution is 6.35. The van der Waals surface area contributed by atoms with E-state index < -0.39 is 5.91 Å². The molecule has 0 unspecified atom stereocenters. The lowest BCUT2D eigenvalue weighted by Gasteiger charge is -2.10. The molecule has 0 aliphatic rings. The summed E-state index contributed by atoms with van der Waals surface area (Å²) in [5.41, 5.74) is 0.572. The van der Waals surface area contributed by atoms with Crippen molar-refractivity contribution >= 4 is 40.7 Å². The highest BCUT2D eigenvalue weighted by Crippen LogP contribution is 2.27. The van der Waals surface area contributed by atoms with Gasteiger partial charge in [0.1, 0.15) is 11.5 Å². The summed E-state index contributed by atoms with van der Waals surface area (Å²) in [6.07, 6.45) is 0. The molecule has 6 nitrogen and oxygen atoms in total. The van der Waals surface area contributed by atoms with Crippen LogP contribution < -0.4 is 20.1 Å². The van der Waals surface area contributed by atoms with Crippen molar-refractivity contribution in [3.8, 4) is 11.5 Å². The van der Waals surface area contributed by atoms with E-state index in [9.17, 15) is 9.59 Å². The Morgan fingerprint density at radius 2 is 1.88 bits per heavy atom. The molecule has 0 saturated heterocycles. The van der Waals surface area contributed by atoms with Crippen LogP contribution in [-0.2, 0) is 9.59 Å². The van der Waals surface area contributed by atoms with Gasteiger partial charge < -0.3 is 20.1 Å². The first-order chi connectivity index (χ1) is 12.0. The summed E-state index contributed by atoms with van der Waals surface area (Å²) in [7, 11) is 1.54. The van der Waals surface area contributed by atoms with Crippen LogP contribution in [0.1, 0.15) is 0 Å². The summed E-state index contributed by atoms with van der Waals surface area (Å²) in [4.78, 5) is 23.6. The van der Waals surface area contributed by atoms with Crippen LogP contribution in [0, 0.1) is 0 Å². The van der Waals surface area contributed by atoms with Gasteiger partial charge in [-0.3, -0.25) is 9.59 Å². The first-order valence-corrected chi connectivity index (χ1v) is 8.02. The average Bonchev–Trinajstić information content (AvgIpc) is 2.59. The van der Waals surface area contributed by atoms with Gasteiger partial charge in [0, 0.05) is 16.8 Å². The number of ether oxygens (including phenoxy) is 2. The molecule has 2 N–H and O–H groups in total. The van der Waals surface area contributed by atoms with Crippen molar-refractivity contribution in [2.24, 2.45) is 0 Å². The number of carbonyl (C=O) groups excluding carboxylic acids is 2. The highest BCUT2D eigenvalue weighted by Gasteiger charge is 2.09. The molecule has 2 amide bonds. The fourth-order valence-electron chi connectivity index (χ4n) is 1.87. The lowest BCUT2D eigenvalue weighted by atomic mass is 10.3. The van der Waals surface area contributed by atoms with Gasteiger partial charge in [-0.15, -0.1) is 0 Å². The average molecular weight is 383 g/mol. The van der Waals surface area contributed by atoms with Crippen molar-refractivity contribution in [1.29, 1.82) is 0 Å². The summed E-state index contributed by atoms with van der Waals surface area (Å²) in [5, 5.41) is 5.88. The quantitative estimate of drug-likeness (QED) is 0.770. The Kier molecular flexibility index (Phi) is 6.91. The molecular formula is C17H16Cl2N2O4. The summed E-state index contributed by atoms with van der Waals surface area (Å²) >= 11 is 11.7. The molecule has 0 aromatic heterocycles.